The number of hydrogen-bond acceptors (Lipinski definition) is 4. The molecular formula is C23H14F4N4O. The van der Waals surface area contributed by atoms with E-state index in [-0.39, 0.29) is 0 Å². The van der Waals surface area contributed by atoms with Crippen LogP contribution in [0, 0.1) is 5.82 Å². The highest BCUT2D eigenvalue weighted by molar-refractivity contribution is 5.66. The molecule has 5 nitrogen and oxygen atoms in total. The van der Waals surface area contributed by atoms with E-state index in [0.29, 0.717) is 46.3 Å². The summed E-state index contributed by atoms with van der Waals surface area (Å²) in [6, 6.07) is 14.5. The fraction of sp³-hybridized carbons (Fsp3) is 0.0870. The summed E-state index contributed by atoms with van der Waals surface area (Å²) in [5.74, 6) is 0.423. The van der Waals surface area contributed by atoms with E-state index in [1.807, 2.05) is 0 Å². The van der Waals surface area contributed by atoms with Gasteiger partial charge >= 0.3 is 6.18 Å². The van der Waals surface area contributed by atoms with Crippen LogP contribution in [0.15, 0.2) is 77.6 Å². The lowest BCUT2D eigenvalue weighted by atomic mass is 10.1. The Morgan fingerprint density at radius 2 is 1.62 bits per heavy atom. The second kappa shape index (κ2) is 7.60. The maximum Gasteiger partial charge on any atom is 0.416 e. The molecule has 1 aromatic heterocycles. The second-order valence-electron chi connectivity index (χ2n) is 7.17. The largest absolute Gasteiger partial charge is 0.416 e. The molecular weight excluding hydrogens is 424 g/mol. The van der Waals surface area contributed by atoms with E-state index in [1.54, 1.807) is 47.3 Å². The van der Waals surface area contributed by atoms with Crippen LogP contribution >= 0.6 is 0 Å². The fourth-order valence-corrected chi connectivity index (χ4v) is 3.35. The number of halogens is 4. The van der Waals surface area contributed by atoms with E-state index in [2.05, 4.69) is 15.1 Å². The zero-order valence-corrected chi connectivity index (χ0v) is 16.3. The average Bonchev–Trinajstić information content (AvgIpc) is 3.40. The van der Waals surface area contributed by atoms with Crippen LogP contribution in [0.1, 0.15) is 11.3 Å². The summed E-state index contributed by atoms with van der Waals surface area (Å²) < 4.78 is 59.4. The summed E-state index contributed by atoms with van der Waals surface area (Å²) in [5, 5.41) is 3.95. The van der Waals surface area contributed by atoms with Gasteiger partial charge in [-0.25, -0.2) is 14.4 Å². The van der Waals surface area contributed by atoms with E-state index < -0.39 is 17.6 Å². The Kier molecular flexibility index (Phi) is 4.73. The molecule has 0 N–H and O–H groups in total. The quantitative estimate of drug-likeness (QED) is 0.327. The lowest BCUT2D eigenvalue weighted by molar-refractivity contribution is -0.137. The van der Waals surface area contributed by atoms with Gasteiger partial charge in [-0.3, -0.25) is 0 Å². The van der Waals surface area contributed by atoms with E-state index in [1.165, 1.54) is 18.2 Å². The summed E-state index contributed by atoms with van der Waals surface area (Å²) in [4.78, 5) is 8.80. The highest BCUT2D eigenvalue weighted by Gasteiger charge is 2.30. The van der Waals surface area contributed by atoms with Gasteiger partial charge in [0.25, 0.3) is 0 Å². The minimum absolute atomic E-state index is 0.306. The van der Waals surface area contributed by atoms with Gasteiger partial charge in [-0.1, -0.05) is 29.4 Å². The zero-order chi connectivity index (χ0) is 22.3. The molecule has 9 heteroatoms. The molecule has 0 saturated heterocycles. The summed E-state index contributed by atoms with van der Waals surface area (Å²) in [7, 11) is 0. The Bertz CT molecular complexity index is 1360. The van der Waals surface area contributed by atoms with Crippen molar-refractivity contribution < 1.29 is 22.1 Å². The normalized spacial score (nSPS) is 11.9. The van der Waals surface area contributed by atoms with Crippen LogP contribution in [0.2, 0.25) is 0 Å². The summed E-state index contributed by atoms with van der Waals surface area (Å²) >= 11 is 0. The first-order valence-electron chi connectivity index (χ1n) is 9.58. The van der Waals surface area contributed by atoms with E-state index >= 15 is 0 Å². The molecule has 0 spiro atoms. The van der Waals surface area contributed by atoms with Crippen LogP contribution in [-0.4, -0.2) is 19.7 Å². The molecule has 3 aromatic rings. The molecule has 0 saturated carbocycles. The summed E-state index contributed by atoms with van der Waals surface area (Å²) in [6.07, 6.45) is -0.853. The Morgan fingerprint density at radius 3 is 2.38 bits per heavy atom. The Hall–Kier alpha value is -4.01. The van der Waals surface area contributed by atoms with Crippen molar-refractivity contribution in [3.63, 3.8) is 0 Å². The lowest BCUT2D eigenvalue weighted by Crippen LogP contribution is -2.03. The fourth-order valence-electron chi connectivity index (χ4n) is 3.35. The molecule has 2 aromatic carbocycles. The Labute approximate surface area is 179 Å². The molecule has 160 valence electrons. The predicted octanol–water partition coefficient (Wildman–Crippen LogP) is 5.91. The smallest absolute Gasteiger partial charge is 0.359 e. The second-order valence-corrected chi connectivity index (χ2v) is 7.17. The van der Waals surface area contributed by atoms with Gasteiger partial charge in [0.15, 0.2) is 11.6 Å². The number of fused-ring (bicyclic) bond motifs is 1. The Morgan fingerprint density at radius 1 is 0.875 bits per heavy atom. The molecule has 2 aliphatic rings. The first-order valence-corrected chi connectivity index (χ1v) is 9.58. The molecule has 0 fully saturated rings. The summed E-state index contributed by atoms with van der Waals surface area (Å²) in [5.41, 5.74) is 1.78. The highest BCUT2D eigenvalue weighted by Crippen LogP contribution is 2.31. The molecule has 0 radical (unpaired) electrons. The van der Waals surface area contributed by atoms with Gasteiger partial charge in [0.05, 0.1) is 23.4 Å². The van der Waals surface area contributed by atoms with Crippen LogP contribution in [0.5, 0.6) is 0 Å². The maximum absolute atomic E-state index is 14.0. The van der Waals surface area contributed by atoms with Gasteiger partial charge in [0, 0.05) is 24.0 Å². The number of alkyl halides is 3. The minimum Gasteiger partial charge on any atom is -0.359 e. The van der Waals surface area contributed by atoms with Crippen molar-refractivity contribution in [3.05, 3.63) is 90.2 Å². The van der Waals surface area contributed by atoms with Gasteiger partial charge in [0.1, 0.15) is 17.2 Å². The topological polar surface area (TPSA) is 56.7 Å². The SMILES string of the molecule is Fc1ccccc1-c1nc2ccn(Cc3cc(-c4ccc(C(F)(F)F)cc4)no3)cc-2n1. The molecule has 32 heavy (non-hydrogen) atoms. The molecule has 5 rings (SSSR count). The third kappa shape index (κ3) is 3.84. The highest BCUT2D eigenvalue weighted by atomic mass is 19.4. The van der Waals surface area contributed by atoms with Gasteiger partial charge in [-0.15, -0.1) is 0 Å². The molecule has 0 bridgehead atoms. The van der Waals surface area contributed by atoms with E-state index in [0.717, 1.165) is 12.1 Å². The van der Waals surface area contributed by atoms with Gasteiger partial charge in [0.2, 0.25) is 0 Å². The van der Waals surface area contributed by atoms with Crippen molar-refractivity contribution in [2.24, 2.45) is 0 Å². The molecule has 3 heterocycles. The van der Waals surface area contributed by atoms with Crippen LogP contribution < -0.4 is 0 Å². The van der Waals surface area contributed by atoms with Crippen molar-refractivity contribution in [1.29, 1.82) is 0 Å². The number of pyridine rings is 1. The summed E-state index contributed by atoms with van der Waals surface area (Å²) in [6.45, 7) is 0.325. The molecule has 0 atom stereocenters. The third-order valence-corrected chi connectivity index (χ3v) is 4.95. The van der Waals surface area contributed by atoms with Crippen molar-refractivity contribution in [1.82, 2.24) is 19.7 Å². The number of hydrogen-bond donors (Lipinski definition) is 0. The molecule has 2 aliphatic heterocycles. The first-order chi connectivity index (χ1) is 15.4. The van der Waals surface area contributed by atoms with E-state index in [4.69, 9.17) is 4.52 Å². The third-order valence-electron chi connectivity index (χ3n) is 4.95. The maximum atomic E-state index is 14.0. The number of benzene rings is 2. The van der Waals surface area contributed by atoms with Crippen molar-refractivity contribution >= 4 is 0 Å². The van der Waals surface area contributed by atoms with Crippen LogP contribution in [0.4, 0.5) is 17.6 Å². The minimum atomic E-state index is -4.39. The van der Waals surface area contributed by atoms with Crippen LogP contribution in [0.25, 0.3) is 34.0 Å². The standard InChI is InChI=1S/C23H14F4N4O/c24-18-4-2-1-3-17(18)22-28-19-9-10-31(13-21(19)29-22)12-16-11-20(30-32-16)14-5-7-15(8-6-14)23(25,26)27/h1-11,13H,12H2. The zero-order valence-electron chi connectivity index (χ0n) is 16.3. The number of nitrogens with zero attached hydrogens (tertiary/aromatic N) is 4. The number of aromatic nitrogens is 4. The molecule has 0 unspecified atom stereocenters. The van der Waals surface area contributed by atoms with Crippen molar-refractivity contribution in [2.45, 2.75) is 12.7 Å². The van der Waals surface area contributed by atoms with Crippen LogP contribution in [-0.2, 0) is 12.7 Å². The lowest BCUT2D eigenvalue weighted by Gasteiger charge is -2.06. The first kappa shape index (κ1) is 19.9. The number of imidazole rings is 1. The molecule has 0 amide bonds. The van der Waals surface area contributed by atoms with Gasteiger partial charge in [-0.05, 0) is 30.3 Å². The van der Waals surface area contributed by atoms with E-state index in [9.17, 15) is 17.6 Å². The van der Waals surface area contributed by atoms with Gasteiger partial charge < -0.3 is 9.09 Å². The Balaban J connectivity index is 1.37. The van der Waals surface area contributed by atoms with Crippen molar-refractivity contribution in [2.75, 3.05) is 0 Å². The number of rotatable bonds is 4. The van der Waals surface area contributed by atoms with Gasteiger partial charge in [-0.2, -0.15) is 13.2 Å². The monoisotopic (exact) mass is 438 g/mol. The van der Waals surface area contributed by atoms with Crippen LogP contribution in [0.3, 0.4) is 0 Å². The molecule has 0 aliphatic carbocycles. The predicted molar refractivity (Wildman–Crippen MR) is 108 cm³/mol. The van der Waals surface area contributed by atoms with Crippen molar-refractivity contribution in [3.8, 4) is 34.0 Å². The average molecular weight is 438 g/mol.